The van der Waals surface area contributed by atoms with Gasteiger partial charge in [0.1, 0.15) is 11.6 Å². The van der Waals surface area contributed by atoms with E-state index in [1.807, 2.05) is 24.3 Å². The van der Waals surface area contributed by atoms with E-state index in [4.69, 9.17) is 16.3 Å². The summed E-state index contributed by atoms with van der Waals surface area (Å²) in [5.41, 5.74) is 1.34. The van der Waals surface area contributed by atoms with Crippen LogP contribution in [0.25, 0.3) is 10.2 Å². The number of benzene rings is 2. The molecule has 2 nitrogen and oxygen atoms in total. The van der Waals surface area contributed by atoms with E-state index in [0.717, 1.165) is 15.2 Å². The number of ether oxygens (including phenoxy) is 1. The Balaban J connectivity index is 1.91. The van der Waals surface area contributed by atoms with E-state index < -0.39 is 5.38 Å². The second-order valence-corrected chi connectivity index (χ2v) is 6.24. The maximum absolute atomic E-state index is 14.0. The van der Waals surface area contributed by atoms with Crippen molar-refractivity contribution in [2.45, 2.75) is 11.8 Å². The Labute approximate surface area is 131 Å². The van der Waals surface area contributed by atoms with Gasteiger partial charge in [0.25, 0.3) is 0 Å². The molecule has 0 bridgehead atoms. The highest BCUT2D eigenvalue weighted by Crippen LogP contribution is 2.35. The van der Waals surface area contributed by atoms with Gasteiger partial charge < -0.3 is 4.74 Å². The van der Waals surface area contributed by atoms with E-state index in [2.05, 4.69) is 4.98 Å². The molecular formula is C16H13ClFNOS. The maximum Gasteiger partial charge on any atom is 0.131 e. The summed E-state index contributed by atoms with van der Waals surface area (Å²) in [6.45, 7) is 0. The van der Waals surface area contributed by atoms with Gasteiger partial charge in [0.15, 0.2) is 0 Å². The third-order valence-electron chi connectivity index (χ3n) is 3.24. The number of hydrogen-bond donors (Lipinski definition) is 0. The first-order chi connectivity index (χ1) is 10.2. The summed E-state index contributed by atoms with van der Waals surface area (Å²) in [5, 5.41) is 0.378. The van der Waals surface area contributed by atoms with Crippen molar-refractivity contribution in [1.82, 2.24) is 4.98 Å². The van der Waals surface area contributed by atoms with Crippen molar-refractivity contribution in [3.63, 3.8) is 0 Å². The lowest BCUT2D eigenvalue weighted by atomic mass is 10.1. The Morgan fingerprint density at radius 3 is 2.81 bits per heavy atom. The minimum absolute atomic E-state index is 0.351. The molecule has 0 saturated carbocycles. The van der Waals surface area contributed by atoms with Crippen molar-refractivity contribution in [3.8, 4) is 5.75 Å². The summed E-state index contributed by atoms with van der Waals surface area (Å²) in [4.78, 5) is 4.53. The van der Waals surface area contributed by atoms with Crippen LogP contribution in [0.5, 0.6) is 5.75 Å². The number of para-hydroxylation sites is 1. The minimum atomic E-state index is -0.512. The van der Waals surface area contributed by atoms with Gasteiger partial charge in [-0.2, -0.15) is 0 Å². The highest BCUT2D eigenvalue weighted by atomic mass is 35.5. The summed E-state index contributed by atoms with van der Waals surface area (Å²) in [5.74, 6) is 0.117. The van der Waals surface area contributed by atoms with Crippen LogP contribution in [0.3, 0.4) is 0 Å². The second-order valence-electron chi connectivity index (χ2n) is 4.60. The topological polar surface area (TPSA) is 22.1 Å². The van der Waals surface area contributed by atoms with Crippen molar-refractivity contribution in [1.29, 1.82) is 0 Å². The van der Waals surface area contributed by atoms with Gasteiger partial charge in [-0.15, -0.1) is 22.9 Å². The number of nitrogens with zero attached hydrogens (tertiary/aromatic N) is 1. The summed E-state index contributed by atoms with van der Waals surface area (Å²) in [6, 6.07) is 12.6. The van der Waals surface area contributed by atoms with Crippen LogP contribution in [-0.4, -0.2) is 12.1 Å². The third kappa shape index (κ3) is 2.87. The molecule has 108 valence electrons. The monoisotopic (exact) mass is 321 g/mol. The molecule has 3 aromatic rings. The number of rotatable bonds is 4. The molecule has 0 N–H and O–H groups in total. The Kier molecular flexibility index (Phi) is 4.08. The average molecular weight is 322 g/mol. The van der Waals surface area contributed by atoms with Crippen molar-refractivity contribution in [2.75, 3.05) is 7.11 Å². The van der Waals surface area contributed by atoms with E-state index in [1.165, 1.54) is 13.2 Å². The molecule has 0 spiro atoms. The molecule has 5 heteroatoms. The number of halogens is 2. The molecule has 0 aliphatic rings. The Morgan fingerprint density at radius 1 is 1.24 bits per heavy atom. The summed E-state index contributed by atoms with van der Waals surface area (Å²) >= 11 is 7.98. The summed E-state index contributed by atoms with van der Waals surface area (Å²) in [6.07, 6.45) is 0.470. The van der Waals surface area contributed by atoms with Crippen LogP contribution < -0.4 is 4.74 Å². The molecule has 0 amide bonds. The largest absolute Gasteiger partial charge is 0.496 e. The lowest BCUT2D eigenvalue weighted by molar-refractivity contribution is 0.403. The number of thiazole rings is 1. The zero-order valence-corrected chi connectivity index (χ0v) is 12.9. The smallest absolute Gasteiger partial charge is 0.131 e. The average Bonchev–Trinajstić information content (AvgIpc) is 2.88. The van der Waals surface area contributed by atoms with Gasteiger partial charge in [-0.05, 0) is 24.3 Å². The zero-order chi connectivity index (χ0) is 14.8. The maximum atomic E-state index is 14.0. The van der Waals surface area contributed by atoms with Gasteiger partial charge >= 0.3 is 0 Å². The van der Waals surface area contributed by atoms with Crippen molar-refractivity contribution < 1.29 is 9.13 Å². The number of hydrogen-bond acceptors (Lipinski definition) is 3. The van der Waals surface area contributed by atoms with E-state index >= 15 is 0 Å². The Bertz CT molecular complexity index is 741. The molecule has 21 heavy (non-hydrogen) atoms. The molecule has 0 aliphatic heterocycles. The summed E-state index contributed by atoms with van der Waals surface area (Å²) in [7, 11) is 1.51. The lowest BCUT2D eigenvalue weighted by Gasteiger charge is -2.13. The Morgan fingerprint density at radius 2 is 2.05 bits per heavy atom. The molecule has 0 saturated heterocycles. The molecule has 3 rings (SSSR count). The van der Waals surface area contributed by atoms with Crippen LogP contribution in [0.15, 0.2) is 42.5 Å². The first-order valence-electron chi connectivity index (χ1n) is 6.50. The highest BCUT2D eigenvalue weighted by Gasteiger charge is 2.20. The van der Waals surface area contributed by atoms with Crippen molar-refractivity contribution in [2.24, 2.45) is 0 Å². The minimum Gasteiger partial charge on any atom is -0.496 e. The van der Waals surface area contributed by atoms with Crippen molar-refractivity contribution in [3.05, 3.63) is 58.9 Å². The fourth-order valence-corrected chi connectivity index (χ4v) is 3.72. The second kappa shape index (κ2) is 6.00. The van der Waals surface area contributed by atoms with Gasteiger partial charge in [0, 0.05) is 12.0 Å². The molecule has 1 heterocycles. The van der Waals surface area contributed by atoms with E-state index in [0.29, 0.717) is 17.7 Å². The van der Waals surface area contributed by atoms with E-state index in [-0.39, 0.29) is 5.82 Å². The molecule has 0 fully saturated rings. The zero-order valence-electron chi connectivity index (χ0n) is 11.3. The first-order valence-corrected chi connectivity index (χ1v) is 7.75. The molecule has 1 atom stereocenters. The predicted octanol–water partition coefficient (Wildman–Crippen LogP) is 4.97. The van der Waals surface area contributed by atoms with Crippen LogP contribution in [0.4, 0.5) is 4.39 Å². The highest BCUT2D eigenvalue weighted by molar-refractivity contribution is 7.18. The third-order valence-corrected chi connectivity index (χ3v) is 4.67. The molecule has 0 aliphatic carbocycles. The standard InChI is InChI=1S/C16H13ClFNOS/c1-20-13-7-4-5-11(18)16(13)10(17)9-15-19-12-6-2-3-8-14(12)21-15/h2-8,10H,9H2,1H3. The predicted molar refractivity (Wildman–Crippen MR) is 84.9 cm³/mol. The Hall–Kier alpha value is -1.65. The molecular weight excluding hydrogens is 309 g/mol. The van der Waals surface area contributed by atoms with E-state index in [9.17, 15) is 4.39 Å². The quantitative estimate of drug-likeness (QED) is 0.633. The van der Waals surface area contributed by atoms with Crippen LogP contribution in [-0.2, 0) is 6.42 Å². The van der Waals surface area contributed by atoms with Gasteiger partial charge in [0.05, 0.1) is 27.7 Å². The molecule has 2 aromatic carbocycles. The number of fused-ring (bicyclic) bond motifs is 1. The normalized spacial score (nSPS) is 12.5. The van der Waals surface area contributed by atoms with E-state index in [1.54, 1.807) is 23.5 Å². The van der Waals surface area contributed by atoms with Gasteiger partial charge in [0.2, 0.25) is 0 Å². The van der Waals surface area contributed by atoms with Crippen LogP contribution >= 0.6 is 22.9 Å². The summed E-state index contributed by atoms with van der Waals surface area (Å²) < 4.78 is 20.3. The fraction of sp³-hybridized carbons (Fsp3) is 0.188. The van der Waals surface area contributed by atoms with Crippen molar-refractivity contribution >= 4 is 33.2 Å². The van der Waals surface area contributed by atoms with Crippen LogP contribution in [0, 0.1) is 5.82 Å². The number of aromatic nitrogens is 1. The van der Waals surface area contributed by atoms with Gasteiger partial charge in [-0.25, -0.2) is 9.37 Å². The number of alkyl halides is 1. The molecule has 1 unspecified atom stereocenters. The van der Waals surface area contributed by atoms with Gasteiger partial charge in [-0.3, -0.25) is 0 Å². The number of methoxy groups -OCH3 is 1. The lowest BCUT2D eigenvalue weighted by Crippen LogP contribution is -2.02. The SMILES string of the molecule is COc1cccc(F)c1C(Cl)Cc1nc2ccccc2s1. The molecule has 0 radical (unpaired) electrons. The van der Waals surface area contributed by atoms with Gasteiger partial charge in [-0.1, -0.05) is 18.2 Å². The van der Waals surface area contributed by atoms with Crippen LogP contribution in [0.1, 0.15) is 15.9 Å². The van der Waals surface area contributed by atoms with Crippen LogP contribution in [0.2, 0.25) is 0 Å². The first kappa shape index (κ1) is 14.3. The fourth-order valence-electron chi connectivity index (χ4n) is 2.26. The molecule has 1 aromatic heterocycles.